The Morgan fingerprint density at radius 3 is 2.64 bits per heavy atom. The normalized spacial score (nSPS) is 11.5. The van der Waals surface area contributed by atoms with Gasteiger partial charge in [0.2, 0.25) is 0 Å². The highest BCUT2D eigenvalue weighted by Gasteiger charge is 2.22. The Labute approximate surface area is 162 Å². The molecule has 3 rings (SSSR count). The average molecular weight is 377 g/mol. The van der Waals surface area contributed by atoms with Gasteiger partial charge in [-0.15, -0.1) is 0 Å². The Hall–Kier alpha value is -3.74. The summed E-state index contributed by atoms with van der Waals surface area (Å²) in [6.07, 6.45) is 1.89. The maximum atomic E-state index is 11.8. The monoisotopic (exact) mass is 377 g/mol. The van der Waals surface area contributed by atoms with Crippen molar-refractivity contribution >= 4 is 17.5 Å². The van der Waals surface area contributed by atoms with Crippen LogP contribution in [0.4, 0.5) is 11.5 Å². The molecule has 0 fully saturated rings. The third-order valence-electron chi connectivity index (χ3n) is 4.11. The number of pyridine rings is 1. The molecule has 0 aliphatic carbocycles. The van der Waals surface area contributed by atoms with E-state index in [4.69, 9.17) is 4.74 Å². The van der Waals surface area contributed by atoms with E-state index >= 15 is 0 Å². The number of para-hydroxylation sites is 1. The molecule has 0 saturated heterocycles. The van der Waals surface area contributed by atoms with E-state index in [2.05, 4.69) is 10.3 Å². The Kier molecular flexibility index (Phi) is 5.96. The lowest BCUT2D eigenvalue weighted by molar-refractivity contribution is -0.384. The zero-order valence-electron chi connectivity index (χ0n) is 15.2. The highest BCUT2D eigenvalue weighted by molar-refractivity contribution is 5.72. The van der Waals surface area contributed by atoms with Crippen molar-refractivity contribution in [3.05, 3.63) is 94.2 Å². The summed E-state index contributed by atoms with van der Waals surface area (Å²) in [5, 5.41) is 14.5. The number of ether oxygens (including phenoxy) is 1. The molecule has 0 spiro atoms. The lowest BCUT2D eigenvalue weighted by Crippen LogP contribution is -2.16. The number of esters is 1. The zero-order chi connectivity index (χ0) is 19.9. The topological polar surface area (TPSA) is 94.4 Å². The van der Waals surface area contributed by atoms with Gasteiger partial charge in [-0.3, -0.25) is 14.9 Å². The minimum Gasteiger partial charge on any atom is -0.426 e. The zero-order valence-corrected chi connectivity index (χ0v) is 15.2. The van der Waals surface area contributed by atoms with E-state index in [9.17, 15) is 14.9 Å². The van der Waals surface area contributed by atoms with Gasteiger partial charge >= 0.3 is 5.97 Å². The van der Waals surface area contributed by atoms with E-state index in [1.807, 2.05) is 18.2 Å². The highest BCUT2D eigenvalue weighted by Crippen LogP contribution is 2.34. The van der Waals surface area contributed by atoms with Crippen LogP contribution in [-0.4, -0.2) is 15.9 Å². The van der Waals surface area contributed by atoms with Crippen molar-refractivity contribution in [1.29, 1.82) is 0 Å². The number of carbonyl (C=O) groups excluding carboxylic acids is 1. The van der Waals surface area contributed by atoms with E-state index in [1.165, 1.54) is 12.1 Å². The number of hydrogen-bond donors (Lipinski definition) is 1. The number of benzene rings is 2. The summed E-state index contributed by atoms with van der Waals surface area (Å²) >= 11 is 0. The van der Waals surface area contributed by atoms with Crippen LogP contribution in [0.2, 0.25) is 0 Å². The Morgan fingerprint density at radius 1 is 1.14 bits per heavy atom. The first-order valence-corrected chi connectivity index (χ1v) is 8.80. The van der Waals surface area contributed by atoms with Crippen molar-refractivity contribution in [3.63, 3.8) is 0 Å². The molecule has 0 radical (unpaired) electrons. The molecule has 1 heterocycles. The fourth-order valence-corrected chi connectivity index (χ4v) is 2.76. The number of anilines is 1. The summed E-state index contributed by atoms with van der Waals surface area (Å²) in [5.74, 6) is 0.632. The van der Waals surface area contributed by atoms with Crippen molar-refractivity contribution in [2.24, 2.45) is 0 Å². The van der Waals surface area contributed by atoms with Crippen LogP contribution in [0, 0.1) is 10.1 Å². The SMILES string of the molecule is CCC(=O)Oc1ccccc1C(Nc1ccccn1)c1cccc([N+](=O)[O-])c1. The maximum Gasteiger partial charge on any atom is 0.310 e. The van der Waals surface area contributed by atoms with Crippen LogP contribution in [0.15, 0.2) is 72.9 Å². The van der Waals surface area contributed by atoms with Gasteiger partial charge in [-0.2, -0.15) is 0 Å². The number of non-ortho nitro benzene ring substituents is 1. The molecule has 0 aliphatic heterocycles. The number of rotatable bonds is 7. The first-order valence-electron chi connectivity index (χ1n) is 8.80. The summed E-state index contributed by atoms with van der Waals surface area (Å²) < 4.78 is 5.48. The van der Waals surface area contributed by atoms with Crippen molar-refractivity contribution in [1.82, 2.24) is 4.98 Å². The molecular formula is C21H19N3O4. The van der Waals surface area contributed by atoms with Gasteiger partial charge in [-0.05, 0) is 23.8 Å². The van der Waals surface area contributed by atoms with Crippen molar-refractivity contribution in [2.75, 3.05) is 5.32 Å². The van der Waals surface area contributed by atoms with E-state index in [0.717, 1.165) is 0 Å². The largest absolute Gasteiger partial charge is 0.426 e. The Morgan fingerprint density at radius 2 is 1.93 bits per heavy atom. The first kappa shape index (κ1) is 19.0. The molecule has 0 aliphatic rings. The molecule has 0 saturated carbocycles. The standard InChI is InChI=1S/C21H19N3O4/c1-2-20(25)28-18-11-4-3-10-17(18)21(23-19-12-5-6-13-22-19)15-8-7-9-16(14-15)24(26)27/h3-14,21H,2H2,1H3,(H,22,23). The van der Waals surface area contributed by atoms with Gasteiger partial charge in [0.15, 0.2) is 0 Å². The third-order valence-corrected chi connectivity index (χ3v) is 4.11. The predicted octanol–water partition coefficient (Wildman–Crippen LogP) is 4.51. The average Bonchev–Trinajstić information content (AvgIpc) is 2.73. The van der Waals surface area contributed by atoms with E-state index in [1.54, 1.807) is 49.5 Å². The van der Waals surface area contributed by atoms with Crippen LogP contribution in [0.5, 0.6) is 5.75 Å². The second-order valence-electron chi connectivity index (χ2n) is 6.01. The van der Waals surface area contributed by atoms with Crippen molar-refractivity contribution in [2.45, 2.75) is 19.4 Å². The van der Waals surface area contributed by atoms with Gasteiger partial charge in [0.1, 0.15) is 11.6 Å². The predicted molar refractivity (Wildman–Crippen MR) is 105 cm³/mol. The molecule has 1 aromatic heterocycles. The van der Waals surface area contributed by atoms with Crippen LogP contribution in [0.1, 0.15) is 30.5 Å². The number of nitro groups is 1. The van der Waals surface area contributed by atoms with Crippen LogP contribution >= 0.6 is 0 Å². The van der Waals surface area contributed by atoms with E-state index < -0.39 is 11.0 Å². The maximum absolute atomic E-state index is 11.8. The molecule has 0 amide bonds. The van der Waals surface area contributed by atoms with E-state index in [0.29, 0.717) is 22.7 Å². The van der Waals surface area contributed by atoms with Crippen LogP contribution in [0.3, 0.4) is 0 Å². The van der Waals surface area contributed by atoms with Gasteiger partial charge < -0.3 is 10.1 Å². The van der Waals surface area contributed by atoms with Crippen molar-refractivity contribution in [3.8, 4) is 5.75 Å². The first-order chi connectivity index (χ1) is 13.6. The molecular weight excluding hydrogens is 358 g/mol. The fraction of sp³-hybridized carbons (Fsp3) is 0.143. The minimum absolute atomic E-state index is 0.0200. The quantitative estimate of drug-likeness (QED) is 0.282. The molecule has 7 heteroatoms. The molecule has 2 aromatic carbocycles. The van der Waals surface area contributed by atoms with E-state index in [-0.39, 0.29) is 18.1 Å². The lowest BCUT2D eigenvalue weighted by atomic mass is 9.97. The lowest BCUT2D eigenvalue weighted by Gasteiger charge is -2.22. The molecule has 142 valence electrons. The van der Waals surface area contributed by atoms with Gasteiger partial charge in [-0.25, -0.2) is 4.98 Å². The number of nitrogens with one attached hydrogen (secondary N) is 1. The molecule has 7 nitrogen and oxygen atoms in total. The highest BCUT2D eigenvalue weighted by atomic mass is 16.6. The number of carbonyl (C=O) groups is 1. The molecule has 1 N–H and O–H groups in total. The Balaban J connectivity index is 2.08. The molecule has 1 atom stereocenters. The summed E-state index contributed by atoms with van der Waals surface area (Å²) in [5.41, 5.74) is 1.31. The second kappa shape index (κ2) is 8.77. The van der Waals surface area contributed by atoms with Gasteiger partial charge in [0.25, 0.3) is 5.69 Å². The number of nitrogens with zero attached hydrogens (tertiary/aromatic N) is 2. The number of aromatic nitrogens is 1. The molecule has 1 unspecified atom stereocenters. The van der Waals surface area contributed by atoms with Crippen molar-refractivity contribution < 1.29 is 14.5 Å². The fourth-order valence-electron chi connectivity index (χ4n) is 2.76. The summed E-state index contributed by atoms with van der Waals surface area (Å²) in [6.45, 7) is 1.72. The smallest absolute Gasteiger partial charge is 0.310 e. The van der Waals surface area contributed by atoms with Crippen LogP contribution in [0.25, 0.3) is 0 Å². The molecule has 28 heavy (non-hydrogen) atoms. The third kappa shape index (κ3) is 4.50. The summed E-state index contributed by atoms with van der Waals surface area (Å²) in [7, 11) is 0. The molecule has 3 aromatic rings. The van der Waals surface area contributed by atoms with Crippen LogP contribution < -0.4 is 10.1 Å². The summed E-state index contributed by atoms with van der Waals surface area (Å²) in [4.78, 5) is 26.9. The number of nitro benzene ring substituents is 1. The minimum atomic E-state index is -0.504. The van der Waals surface area contributed by atoms with Gasteiger partial charge in [0, 0.05) is 30.3 Å². The van der Waals surface area contributed by atoms with Gasteiger partial charge in [0.05, 0.1) is 11.0 Å². The summed E-state index contributed by atoms with van der Waals surface area (Å²) in [6, 6.07) is 18.4. The second-order valence-corrected chi connectivity index (χ2v) is 6.01. The van der Waals surface area contributed by atoms with Gasteiger partial charge in [-0.1, -0.05) is 43.3 Å². The number of hydrogen-bond acceptors (Lipinski definition) is 6. The van der Waals surface area contributed by atoms with Crippen LogP contribution in [-0.2, 0) is 4.79 Å². The Bertz CT molecular complexity index is 976. The molecule has 0 bridgehead atoms.